The van der Waals surface area contributed by atoms with Crippen LogP contribution in [0.2, 0.25) is 0 Å². The number of aliphatic carboxylic acids is 2. The standard InChI is InChI=1S/C70H92N16O18/c1-38(2)29-53(69(103)104)83-65(99)52(34-57(72)90)82-61(95)48(25-26-58(91)92)78-63(97)50(30-39-13-5-3-6-14-39)80-64(98)51(31-40-15-7-4-8-16-40)81-66(100)54(36-87)84-67(101)56-20-12-28-86(56)68(102)55(37-88)85-60(94)47(19-11-27-75-70(73)74)77-62(96)49(32-41-21-23-43(89)24-22-41)79-59(93)45(71)33-42-35-76-46-18-10-9-17-44(42)46/h3-10,13-18,21-24,35,38,45,47-56,76,87-89H,11-12,19-20,25-34,36-37,71H2,1-2H3,(H2,72,90)(H,77,96)(H,78,97)(H,79,93)(H,80,98)(H,81,100)(H,82,95)(H,83,99)(H,84,101)(H,85,94)(H,91,92)(H,103,104)(H4,73,74,75)/t45-,47-,48-,49-,50-,51-,52-,53-,54-,55-,56-/m0/s1. The molecule has 0 unspecified atom stereocenters. The largest absolute Gasteiger partial charge is 0.508 e. The lowest BCUT2D eigenvalue weighted by molar-refractivity contribution is -0.143. The summed E-state index contributed by atoms with van der Waals surface area (Å²) in [5, 5.41) is 84.2. The minimum absolute atomic E-state index is 0.0253. The Kier molecular flexibility index (Phi) is 31.5. The summed E-state index contributed by atoms with van der Waals surface area (Å²) in [6.07, 6.45) is -1.12. The number of hydrogen-bond acceptors (Lipinski definition) is 18. The normalized spacial score (nSPS) is 15.5. The fraction of sp³-hybridized carbons (Fsp3) is 0.429. The number of aromatic hydroxyl groups is 1. The van der Waals surface area contributed by atoms with Gasteiger partial charge >= 0.3 is 11.9 Å². The molecule has 5 aromatic rings. The number of carbonyl (C=O) groups excluding carboxylic acids is 11. The van der Waals surface area contributed by atoms with E-state index in [9.17, 15) is 87.9 Å². The molecule has 1 saturated heterocycles. The number of amides is 11. The number of hydrogen-bond donors (Lipinski definition) is 20. The number of aromatic amines is 1. The van der Waals surface area contributed by atoms with Crippen molar-refractivity contribution < 1.29 is 87.9 Å². The lowest BCUT2D eigenvalue weighted by atomic mass is 10.0. The average molecular weight is 1450 g/mol. The van der Waals surface area contributed by atoms with Crippen LogP contribution in [0.25, 0.3) is 10.9 Å². The molecular weight excluding hydrogens is 1350 g/mol. The van der Waals surface area contributed by atoms with Gasteiger partial charge in [0.2, 0.25) is 65.0 Å². The van der Waals surface area contributed by atoms with Crippen molar-refractivity contribution in [2.45, 2.75) is 157 Å². The molecule has 0 aliphatic carbocycles. The number of aromatic nitrogens is 1. The lowest BCUT2D eigenvalue weighted by Crippen LogP contribution is -2.61. The fourth-order valence-electron chi connectivity index (χ4n) is 11.6. The topological polar surface area (TPSA) is 564 Å². The van der Waals surface area contributed by atoms with Crippen LogP contribution >= 0.6 is 0 Å². The quantitative estimate of drug-likeness (QED) is 0.0105. The molecule has 0 spiro atoms. The number of rotatable bonds is 41. The van der Waals surface area contributed by atoms with Gasteiger partial charge < -0.3 is 106 Å². The first-order chi connectivity index (χ1) is 49.5. The molecule has 1 fully saturated rings. The Hall–Kier alpha value is -11.5. The number of nitrogens with two attached hydrogens (primary N) is 3. The Morgan fingerprint density at radius 2 is 1.01 bits per heavy atom. The molecular formula is C70H92N16O18. The fourth-order valence-corrected chi connectivity index (χ4v) is 11.6. The van der Waals surface area contributed by atoms with Crippen molar-refractivity contribution in [3.8, 4) is 5.75 Å². The number of carboxylic acid groups (broad SMARTS) is 2. The van der Waals surface area contributed by atoms with Crippen molar-refractivity contribution >= 4 is 93.8 Å². The highest BCUT2D eigenvalue weighted by Gasteiger charge is 2.41. The van der Waals surface area contributed by atoms with E-state index in [2.05, 4.69) is 58.2 Å². The maximum Gasteiger partial charge on any atom is 0.326 e. The molecule has 11 atom stereocenters. The third-order valence-corrected chi connectivity index (χ3v) is 17.0. The van der Waals surface area contributed by atoms with E-state index in [-0.39, 0.29) is 82.5 Å². The second-order valence-corrected chi connectivity index (χ2v) is 25.6. The van der Waals surface area contributed by atoms with E-state index in [1.807, 2.05) is 24.3 Å². The summed E-state index contributed by atoms with van der Waals surface area (Å²) < 4.78 is 0. The van der Waals surface area contributed by atoms with Crippen LogP contribution in [0.15, 0.2) is 115 Å². The zero-order valence-electron chi connectivity index (χ0n) is 57.4. The highest BCUT2D eigenvalue weighted by Crippen LogP contribution is 2.22. The van der Waals surface area contributed by atoms with Crippen molar-refractivity contribution in [3.63, 3.8) is 0 Å². The second-order valence-electron chi connectivity index (χ2n) is 25.6. The minimum atomic E-state index is -1.83. The second kappa shape index (κ2) is 40.2. The van der Waals surface area contributed by atoms with E-state index in [1.165, 1.54) is 24.3 Å². The first-order valence-corrected chi connectivity index (χ1v) is 33.8. The Balaban J connectivity index is 1.18. The number of nitrogens with one attached hydrogen (secondary N) is 12. The van der Waals surface area contributed by atoms with Gasteiger partial charge in [0.25, 0.3) is 0 Å². The predicted octanol–water partition coefficient (Wildman–Crippen LogP) is -3.06. The van der Waals surface area contributed by atoms with Gasteiger partial charge in [0.1, 0.15) is 66.2 Å². The van der Waals surface area contributed by atoms with Gasteiger partial charge in [-0.05, 0) is 91.3 Å². The number of nitrogens with zero attached hydrogens (tertiary/aromatic N) is 1. The van der Waals surface area contributed by atoms with Gasteiger partial charge in [-0.1, -0.05) is 105 Å². The Bertz CT molecular complexity index is 3820. The zero-order valence-corrected chi connectivity index (χ0v) is 57.4. The number of aliphatic hydroxyl groups is 2. The lowest BCUT2D eigenvalue weighted by Gasteiger charge is -2.30. The molecule has 0 saturated carbocycles. The summed E-state index contributed by atoms with van der Waals surface area (Å²) in [5.41, 5.74) is 20.3. The molecule has 1 aliphatic heterocycles. The van der Waals surface area contributed by atoms with E-state index < -0.39 is 182 Å². The summed E-state index contributed by atoms with van der Waals surface area (Å²) in [5.74, 6) is -14.8. The van der Waals surface area contributed by atoms with E-state index >= 15 is 0 Å². The molecule has 2 heterocycles. The summed E-state index contributed by atoms with van der Waals surface area (Å²) in [4.78, 5) is 183. The third kappa shape index (κ3) is 25.5. The summed E-state index contributed by atoms with van der Waals surface area (Å²) >= 11 is 0. The summed E-state index contributed by atoms with van der Waals surface area (Å²) in [6.45, 7) is 1.19. The Morgan fingerprint density at radius 1 is 0.548 bits per heavy atom. The van der Waals surface area contributed by atoms with Crippen LogP contribution in [-0.4, -0.2) is 211 Å². The molecule has 0 radical (unpaired) electrons. The highest BCUT2D eigenvalue weighted by molar-refractivity contribution is 6.00. The highest BCUT2D eigenvalue weighted by atomic mass is 16.4. The van der Waals surface area contributed by atoms with Gasteiger partial charge in [-0.3, -0.25) is 62.9 Å². The maximum absolute atomic E-state index is 14.7. The van der Waals surface area contributed by atoms with Crippen molar-refractivity contribution in [2.24, 2.45) is 23.1 Å². The van der Waals surface area contributed by atoms with E-state index in [1.54, 1.807) is 80.7 Å². The number of carboxylic acids is 2. The Morgan fingerprint density at radius 3 is 1.53 bits per heavy atom. The van der Waals surface area contributed by atoms with Gasteiger partial charge in [0.15, 0.2) is 5.96 Å². The molecule has 104 heavy (non-hydrogen) atoms. The van der Waals surface area contributed by atoms with Gasteiger partial charge in [0.05, 0.1) is 25.7 Å². The van der Waals surface area contributed by atoms with E-state index in [4.69, 9.17) is 22.6 Å². The van der Waals surface area contributed by atoms with Crippen molar-refractivity contribution in [2.75, 3.05) is 26.3 Å². The third-order valence-electron chi connectivity index (χ3n) is 17.0. The molecule has 4 aromatic carbocycles. The van der Waals surface area contributed by atoms with Gasteiger partial charge in [-0.2, -0.15) is 0 Å². The summed E-state index contributed by atoms with van der Waals surface area (Å²) in [7, 11) is 0. The molecule has 34 heteroatoms. The average Bonchev–Trinajstić information content (AvgIpc) is 1.53. The number of guanidine groups is 1. The molecule has 11 amide bonds. The van der Waals surface area contributed by atoms with Crippen LogP contribution in [0.4, 0.5) is 0 Å². The van der Waals surface area contributed by atoms with E-state index in [0.29, 0.717) is 16.7 Å². The van der Waals surface area contributed by atoms with Crippen molar-refractivity contribution in [1.82, 2.24) is 63.1 Å². The maximum atomic E-state index is 14.7. The van der Waals surface area contributed by atoms with Crippen LogP contribution < -0.4 is 70.4 Å². The number of aliphatic hydroxyl groups excluding tert-OH is 2. The summed E-state index contributed by atoms with van der Waals surface area (Å²) in [6, 6.07) is 12.1. The minimum Gasteiger partial charge on any atom is -0.508 e. The number of para-hydroxylation sites is 1. The number of benzene rings is 4. The molecule has 560 valence electrons. The van der Waals surface area contributed by atoms with E-state index in [0.717, 1.165) is 21.4 Å². The SMILES string of the molecule is CC(C)C[C@H](NC(=O)[C@H](CC(N)=O)NC(=O)[C@H](CCC(=O)O)NC(=O)[C@H](Cc1ccccc1)NC(=O)[C@H](Cc1ccccc1)NC(=O)[C@H](CO)NC(=O)[C@@H]1CCCN1C(=O)[C@H](CO)NC(=O)[C@H](CCCNC(=N)N)NC(=O)[C@H](Cc1ccc(O)cc1)NC(=O)[C@@H](N)Cc1c[nH]c2ccccc12)C(=O)O. The van der Waals surface area contributed by atoms with Crippen LogP contribution in [0, 0.1) is 11.3 Å². The molecule has 23 N–H and O–H groups in total. The number of phenolic OH excluding ortho intramolecular Hbond substituents is 1. The van der Waals surface area contributed by atoms with Gasteiger partial charge in [-0.25, -0.2) is 4.79 Å². The molecule has 1 aliphatic rings. The number of likely N-dealkylation sites (tertiary alicyclic amines) is 1. The first kappa shape index (κ1) is 81.4. The molecule has 0 bridgehead atoms. The predicted molar refractivity (Wildman–Crippen MR) is 375 cm³/mol. The van der Waals surface area contributed by atoms with Crippen molar-refractivity contribution in [1.29, 1.82) is 5.41 Å². The van der Waals surface area contributed by atoms with Crippen LogP contribution in [-0.2, 0) is 88.0 Å². The van der Waals surface area contributed by atoms with Gasteiger partial charge in [-0.15, -0.1) is 0 Å². The van der Waals surface area contributed by atoms with Crippen LogP contribution in [0.5, 0.6) is 5.75 Å². The smallest absolute Gasteiger partial charge is 0.326 e. The van der Waals surface area contributed by atoms with Gasteiger partial charge in [0, 0.05) is 55.9 Å². The number of carbonyl (C=O) groups is 13. The number of H-pyrrole nitrogens is 1. The number of fused-ring (bicyclic) bond motifs is 1. The Labute approximate surface area is 598 Å². The van der Waals surface area contributed by atoms with Crippen molar-refractivity contribution in [3.05, 3.63) is 138 Å². The number of primary amides is 1. The van der Waals surface area contributed by atoms with Crippen LogP contribution in [0.1, 0.15) is 87.5 Å². The first-order valence-electron chi connectivity index (χ1n) is 33.8. The molecule has 1 aromatic heterocycles. The molecule has 6 rings (SSSR count). The van der Waals surface area contributed by atoms with Crippen LogP contribution in [0.3, 0.4) is 0 Å². The zero-order chi connectivity index (χ0) is 76.2. The number of phenols is 1. The monoisotopic (exact) mass is 1440 g/mol. The molecule has 34 nitrogen and oxygen atoms in total.